The van der Waals surface area contributed by atoms with E-state index in [0.29, 0.717) is 5.41 Å². The summed E-state index contributed by atoms with van der Waals surface area (Å²) < 4.78 is 23.0. The Morgan fingerprint density at radius 2 is 1.31 bits per heavy atom. The molecule has 0 aromatic rings. The largest absolute Gasteiger partial charge is 0.229 e. The fourth-order valence-corrected chi connectivity index (χ4v) is 4.31. The molecule has 3 fully saturated rings. The van der Waals surface area contributed by atoms with Crippen molar-refractivity contribution in [1.29, 1.82) is 0 Å². The summed E-state index contributed by atoms with van der Waals surface area (Å²) in [6.07, 6.45) is 7.47. The first kappa shape index (κ1) is 9.50. The minimum absolute atomic E-state index is 0.329. The summed E-state index contributed by atoms with van der Waals surface area (Å²) in [4.78, 5) is 0. The van der Waals surface area contributed by atoms with E-state index < -0.39 is 9.84 Å². The molecule has 0 unspecified atom stereocenters. The average molecular weight is 202 g/mol. The maximum Gasteiger partial charge on any atom is 0.153 e. The van der Waals surface area contributed by atoms with Crippen LogP contribution in [0.25, 0.3) is 0 Å². The average Bonchev–Trinajstić information content (AvgIpc) is 2.04. The zero-order chi connectivity index (χ0) is 9.74. The first-order chi connectivity index (χ1) is 5.87. The van der Waals surface area contributed by atoms with E-state index in [1.807, 2.05) is 0 Å². The number of hydrogen-bond donors (Lipinski definition) is 0. The molecule has 0 N–H and O–H groups in total. The smallest absolute Gasteiger partial charge is 0.153 e. The summed E-state index contributed by atoms with van der Waals surface area (Å²) in [5.41, 5.74) is 0.465. The summed E-state index contributed by atoms with van der Waals surface area (Å²) in [6.45, 7) is 2.30. The molecule has 2 bridgehead atoms. The maximum atomic E-state index is 11.7. The minimum Gasteiger partial charge on any atom is -0.229 e. The molecule has 3 saturated carbocycles. The summed E-state index contributed by atoms with van der Waals surface area (Å²) >= 11 is 0. The fourth-order valence-electron chi connectivity index (χ4n) is 2.89. The Morgan fingerprint density at radius 3 is 1.62 bits per heavy atom. The topological polar surface area (TPSA) is 34.1 Å². The highest BCUT2D eigenvalue weighted by molar-refractivity contribution is 7.92. The van der Waals surface area contributed by atoms with Gasteiger partial charge >= 0.3 is 0 Å². The molecule has 3 rings (SSSR count). The summed E-state index contributed by atoms with van der Waals surface area (Å²) in [7, 11) is -2.83. The van der Waals surface area contributed by atoms with E-state index in [0.717, 1.165) is 38.5 Å². The molecular formula is C10H18O2S. The number of fused-ring (bicyclic) bond motifs is 3. The lowest BCUT2D eigenvalue weighted by Crippen LogP contribution is -2.49. The second-order valence-electron chi connectivity index (χ2n) is 5.27. The molecule has 3 heteroatoms. The minimum atomic E-state index is -2.83. The third-order valence-electron chi connectivity index (χ3n) is 4.34. The molecule has 76 valence electrons. The summed E-state index contributed by atoms with van der Waals surface area (Å²) in [6, 6.07) is 0. The number of rotatable bonds is 1. The summed E-state index contributed by atoms with van der Waals surface area (Å²) in [5, 5.41) is 0. The first-order valence-electron chi connectivity index (χ1n) is 5.07. The van der Waals surface area contributed by atoms with Crippen LogP contribution >= 0.6 is 0 Å². The molecule has 0 aliphatic heterocycles. The van der Waals surface area contributed by atoms with Crippen LogP contribution in [0.5, 0.6) is 0 Å². The molecule has 0 radical (unpaired) electrons. The Hall–Kier alpha value is -0.0500. The number of sulfone groups is 1. The lowest BCUT2D eigenvalue weighted by Gasteiger charge is -2.50. The van der Waals surface area contributed by atoms with Gasteiger partial charge in [0.25, 0.3) is 0 Å². The SMILES string of the molecule is CC12CCC(S(C)(=O)=O)(CC1)CC2. The van der Waals surface area contributed by atoms with Crippen molar-refractivity contribution < 1.29 is 8.42 Å². The molecule has 0 heterocycles. The third kappa shape index (κ3) is 1.32. The van der Waals surface area contributed by atoms with E-state index in [-0.39, 0.29) is 4.75 Å². The van der Waals surface area contributed by atoms with Crippen molar-refractivity contribution in [2.75, 3.05) is 6.26 Å². The van der Waals surface area contributed by atoms with Gasteiger partial charge in [-0.05, 0) is 43.9 Å². The molecule has 0 atom stereocenters. The van der Waals surface area contributed by atoms with E-state index >= 15 is 0 Å². The van der Waals surface area contributed by atoms with Gasteiger partial charge in [-0.25, -0.2) is 8.42 Å². The van der Waals surface area contributed by atoms with Crippen molar-refractivity contribution >= 4 is 9.84 Å². The van der Waals surface area contributed by atoms with Gasteiger partial charge in [0.2, 0.25) is 0 Å². The Balaban J connectivity index is 2.31. The third-order valence-corrected chi connectivity index (χ3v) is 6.52. The van der Waals surface area contributed by atoms with Gasteiger partial charge in [0.05, 0.1) is 4.75 Å². The van der Waals surface area contributed by atoms with Crippen LogP contribution < -0.4 is 0 Å². The lowest BCUT2D eigenvalue weighted by atomic mass is 9.61. The number of hydrogen-bond acceptors (Lipinski definition) is 2. The van der Waals surface area contributed by atoms with Crippen LogP contribution in [0.2, 0.25) is 0 Å². The van der Waals surface area contributed by atoms with Crippen LogP contribution in [0.3, 0.4) is 0 Å². The highest BCUT2D eigenvalue weighted by Gasteiger charge is 2.51. The molecule has 3 aliphatic carbocycles. The van der Waals surface area contributed by atoms with E-state index in [1.54, 1.807) is 0 Å². The van der Waals surface area contributed by atoms with Gasteiger partial charge in [0.15, 0.2) is 9.84 Å². The zero-order valence-corrected chi connectivity index (χ0v) is 9.28. The molecule has 0 aromatic carbocycles. The molecule has 0 aromatic heterocycles. The Bertz CT molecular complexity index is 291. The van der Waals surface area contributed by atoms with Crippen molar-refractivity contribution in [3.05, 3.63) is 0 Å². The molecule has 2 nitrogen and oxygen atoms in total. The molecule has 3 aliphatic rings. The lowest BCUT2D eigenvalue weighted by molar-refractivity contribution is 0.0976. The fraction of sp³-hybridized carbons (Fsp3) is 1.00. The molecule has 0 amide bonds. The van der Waals surface area contributed by atoms with Crippen molar-refractivity contribution in [2.24, 2.45) is 5.41 Å². The van der Waals surface area contributed by atoms with Gasteiger partial charge in [-0.15, -0.1) is 0 Å². The van der Waals surface area contributed by atoms with Gasteiger partial charge in [-0.2, -0.15) is 0 Å². The van der Waals surface area contributed by atoms with Crippen molar-refractivity contribution in [2.45, 2.75) is 50.2 Å². The Labute approximate surface area is 80.6 Å². The van der Waals surface area contributed by atoms with E-state index in [9.17, 15) is 8.42 Å². The van der Waals surface area contributed by atoms with Gasteiger partial charge in [0.1, 0.15) is 0 Å². The molecule has 0 spiro atoms. The Morgan fingerprint density at radius 1 is 0.923 bits per heavy atom. The standard InChI is InChI=1S/C10H18O2S/c1-9-3-6-10(7-4-9,8-5-9)13(2,11)12/h3-8H2,1-2H3. The van der Waals surface area contributed by atoms with Crippen molar-refractivity contribution in [1.82, 2.24) is 0 Å². The van der Waals surface area contributed by atoms with E-state index in [1.165, 1.54) is 6.26 Å². The predicted octanol–water partition coefficient (Wildman–Crippen LogP) is 2.14. The van der Waals surface area contributed by atoms with E-state index in [2.05, 4.69) is 6.92 Å². The second-order valence-corrected chi connectivity index (χ2v) is 7.68. The van der Waals surface area contributed by atoms with Crippen molar-refractivity contribution in [3.63, 3.8) is 0 Å². The van der Waals surface area contributed by atoms with Gasteiger partial charge in [-0.1, -0.05) is 6.92 Å². The van der Waals surface area contributed by atoms with Crippen LogP contribution in [0.1, 0.15) is 45.4 Å². The second kappa shape index (κ2) is 2.50. The molecular weight excluding hydrogens is 184 g/mol. The van der Waals surface area contributed by atoms with Crippen LogP contribution in [-0.2, 0) is 9.84 Å². The van der Waals surface area contributed by atoms with Crippen molar-refractivity contribution in [3.8, 4) is 0 Å². The first-order valence-corrected chi connectivity index (χ1v) is 6.96. The Kier molecular flexibility index (Phi) is 1.83. The van der Waals surface area contributed by atoms with Crippen LogP contribution in [-0.4, -0.2) is 19.4 Å². The van der Waals surface area contributed by atoms with Crippen LogP contribution in [0.4, 0.5) is 0 Å². The normalized spacial score (nSPS) is 45.1. The highest BCUT2D eigenvalue weighted by Crippen LogP contribution is 2.54. The van der Waals surface area contributed by atoms with Gasteiger partial charge in [-0.3, -0.25) is 0 Å². The quantitative estimate of drug-likeness (QED) is 0.653. The van der Waals surface area contributed by atoms with Gasteiger partial charge < -0.3 is 0 Å². The monoisotopic (exact) mass is 202 g/mol. The predicted molar refractivity (Wildman–Crippen MR) is 53.4 cm³/mol. The maximum absolute atomic E-state index is 11.7. The van der Waals surface area contributed by atoms with Crippen LogP contribution in [0, 0.1) is 5.41 Å². The van der Waals surface area contributed by atoms with E-state index in [4.69, 9.17) is 0 Å². The highest BCUT2D eigenvalue weighted by atomic mass is 32.2. The van der Waals surface area contributed by atoms with Gasteiger partial charge in [0, 0.05) is 6.26 Å². The summed E-state index contributed by atoms with van der Waals surface area (Å²) in [5.74, 6) is 0. The molecule has 13 heavy (non-hydrogen) atoms. The molecule has 0 saturated heterocycles. The zero-order valence-electron chi connectivity index (χ0n) is 8.47. The van der Waals surface area contributed by atoms with Crippen LogP contribution in [0.15, 0.2) is 0 Å².